The summed E-state index contributed by atoms with van der Waals surface area (Å²) in [5.74, 6) is 0. The van der Waals surface area contributed by atoms with Gasteiger partial charge in [-0.1, -0.05) is 37.4 Å². The van der Waals surface area contributed by atoms with Gasteiger partial charge in [-0.3, -0.25) is 0 Å². The summed E-state index contributed by atoms with van der Waals surface area (Å²) >= 11 is 3.09. The number of rotatable bonds is 0. The molecule has 0 aliphatic rings. The van der Waals surface area contributed by atoms with Crippen molar-refractivity contribution in [3.63, 3.8) is 0 Å². The van der Waals surface area contributed by atoms with E-state index < -0.39 is 0 Å². The molecule has 0 aromatic carbocycles. The van der Waals surface area contributed by atoms with Crippen molar-refractivity contribution in [3.05, 3.63) is 68.6 Å². The maximum atomic E-state index is 7.18. The smallest absolute Gasteiger partial charge is 0.391 e. The van der Waals surface area contributed by atoms with Gasteiger partial charge in [0.1, 0.15) is 5.40 Å². The molecule has 0 N–H and O–H groups in total. The van der Waals surface area contributed by atoms with E-state index in [1.165, 1.54) is 5.40 Å². The van der Waals surface area contributed by atoms with Crippen LogP contribution in [0.15, 0.2) is 49.1 Å². The van der Waals surface area contributed by atoms with Gasteiger partial charge in [-0.25, -0.2) is 0 Å². The molecule has 2 rings (SSSR count). The van der Waals surface area contributed by atoms with E-state index in [2.05, 4.69) is 34.7 Å². The average Bonchev–Trinajstić information content (AvgIpc) is 2.35. The van der Waals surface area contributed by atoms with Gasteiger partial charge < -0.3 is 17.4 Å². The zero-order valence-corrected chi connectivity index (χ0v) is 11.4. The Morgan fingerprint density at radius 2 is 1.12 bits per heavy atom. The molecule has 2 heterocycles. The van der Waals surface area contributed by atoms with E-state index >= 15 is 0 Å². The summed E-state index contributed by atoms with van der Waals surface area (Å²) in [4.78, 5) is 7.51. The van der Waals surface area contributed by atoms with Crippen molar-refractivity contribution in [2.75, 3.05) is 0 Å². The molecule has 88 valence electrons. The van der Waals surface area contributed by atoms with Crippen LogP contribution in [0.3, 0.4) is 0 Å². The molecule has 0 aliphatic heterocycles. The fraction of sp³-hybridized carbons (Fsp3) is 0. The van der Waals surface area contributed by atoms with Crippen molar-refractivity contribution in [1.29, 1.82) is 5.26 Å². The predicted molar refractivity (Wildman–Crippen MR) is 67.2 cm³/mol. The number of nitrogens with zero attached hydrogens (tertiary/aromatic N) is 3. The third-order valence-corrected chi connectivity index (χ3v) is 1.03. The van der Waals surface area contributed by atoms with Crippen LogP contribution in [0, 0.1) is 30.2 Å². The van der Waals surface area contributed by atoms with Crippen LogP contribution < -0.4 is 0 Å². The molecule has 0 aliphatic carbocycles. The van der Waals surface area contributed by atoms with Crippen LogP contribution in [-0.2, 0) is 17.1 Å². The first-order valence-corrected chi connectivity index (χ1v) is 4.42. The second kappa shape index (κ2) is 20.1. The van der Waals surface area contributed by atoms with Crippen molar-refractivity contribution in [2.24, 2.45) is 0 Å². The van der Waals surface area contributed by atoms with Crippen LogP contribution in [0.25, 0.3) is 0 Å². The number of nitriles is 1. The van der Waals surface area contributed by atoms with Crippen molar-refractivity contribution in [1.82, 2.24) is 9.97 Å². The first kappa shape index (κ1) is 21.0. The standard InChI is InChI=1S/2C5H4N.CHNS.CH3.Mn/c2*1-2-4-6-5-3-1;2-1-3;;/h2*2-5H;3H;1H3;/q2*-1;;-1;+3. The summed E-state index contributed by atoms with van der Waals surface area (Å²) in [7, 11) is 0. The normalized spacial score (nSPS) is 6.12. The Balaban J connectivity index is -0.000000173. The molecule has 0 fully saturated rings. The number of thiol groups is 1. The summed E-state index contributed by atoms with van der Waals surface area (Å²) in [6, 6.07) is 12.7. The van der Waals surface area contributed by atoms with Gasteiger partial charge in [-0.2, -0.15) is 41.7 Å². The van der Waals surface area contributed by atoms with E-state index in [9.17, 15) is 0 Å². The SMILES string of the molecule is N#CS.[CH3-].[Mn+3].[c-]1ccncc1.[c-]1ccncc1. The van der Waals surface area contributed by atoms with E-state index in [-0.39, 0.29) is 24.5 Å². The van der Waals surface area contributed by atoms with Crippen molar-refractivity contribution in [3.8, 4) is 5.40 Å². The largest absolute Gasteiger partial charge is 3.00 e. The minimum absolute atomic E-state index is 0. The molecule has 0 radical (unpaired) electrons. The quantitative estimate of drug-likeness (QED) is 0.350. The zero-order chi connectivity index (χ0) is 11.2. The minimum atomic E-state index is 0. The molecule has 2 aromatic heterocycles. The molecule has 0 atom stereocenters. The van der Waals surface area contributed by atoms with Gasteiger partial charge in [0.25, 0.3) is 0 Å². The Morgan fingerprint density at radius 1 is 0.882 bits per heavy atom. The average molecular weight is 285 g/mol. The fourth-order valence-electron chi connectivity index (χ4n) is 0.555. The zero-order valence-electron chi connectivity index (χ0n) is 9.29. The van der Waals surface area contributed by atoms with Crippen LogP contribution in [0.2, 0.25) is 0 Å². The number of thiocyanates is 1. The third-order valence-electron chi connectivity index (χ3n) is 1.03. The van der Waals surface area contributed by atoms with Gasteiger partial charge in [-0.05, 0) is 0 Å². The summed E-state index contributed by atoms with van der Waals surface area (Å²) in [5.41, 5.74) is 0. The van der Waals surface area contributed by atoms with Gasteiger partial charge in [0.05, 0.1) is 0 Å². The van der Waals surface area contributed by atoms with E-state index in [0.717, 1.165) is 0 Å². The van der Waals surface area contributed by atoms with Crippen molar-refractivity contribution >= 4 is 12.6 Å². The monoisotopic (exact) mass is 285 g/mol. The van der Waals surface area contributed by atoms with Crippen LogP contribution >= 0.6 is 12.6 Å². The molecule has 2 aromatic rings. The second-order valence-corrected chi connectivity index (χ2v) is 2.19. The third kappa shape index (κ3) is 20.7. The maximum Gasteiger partial charge on any atom is 3.00 e. The van der Waals surface area contributed by atoms with Gasteiger partial charge >= 0.3 is 17.1 Å². The fourth-order valence-corrected chi connectivity index (χ4v) is 0.555. The topological polar surface area (TPSA) is 49.6 Å². The van der Waals surface area contributed by atoms with Crippen molar-refractivity contribution < 1.29 is 17.1 Å². The molecule has 0 saturated heterocycles. The number of hydrogen-bond acceptors (Lipinski definition) is 4. The van der Waals surface area contributed by atoms with Crippen LogP contribution in [-0.4, -0.2) is 9.97 Å². The Bertz CT molecular complexity index is 266. The molecule has 0 amide bonds. The van der Waals surface area contributed by atoms with Gasteiger partial charge in [0.15, 0.2) is 0 Å². The number of hydrogen-bond donors (Lipinski definition) is 1. The predicted octanol–water partition coefficient (Wildman–Crippen LogP) is 2.61. The minimum Gasteiger partial charge on any atom is -0.391 e. The molecule has 3 nitrogen and oxygen atoms in total. The summed E-state index contributed by atoms with van der Waals surface area (Å²) < 4.78 is 0. The van der Waals surface area contributed by atoms with Crippen molar-refractivity contribution in [2.45, 2.75) is 0 Å². The van der Waals surface area contributed by atoms with Gasteiger partial charge in [0, 0.05) is 0 Å². The molecule has 5 heteroatoms. The Hall–Kier alpha value is -1.34. The van der Waals surface area contributed by atoms with E-state index in [1.54, 1.807) is 49.1 Å². The first-order valence-electron chi connectivity index (χ1n) is 3.97. The Kier molecular flexibility index (Phi) is 24.9. The van der Waals surface area contributed by atoms with Gasteiger partial charge in [-0.15, -0.1) is 0 Å². The molecular formula is C12H12MnN3S. The molecule has 0 bridgehead atoms. The van der Waals surface area contributed by atoms with Crippen LogP contribution in [0.5, 0.6) is 0 Å². The maximum absolute atomic E-state index is 7.18. The van der Waals surface area contributed by atoms with E-state index in [1.807, 2.05) is 0 Å². The summed E-state index contributed by atoms with van der Waals surface area (Å²) in [5, 5.41) is 8.63. The van der Waals surface area contributed by atoms with Crippen LogP contribution in [0.4, 0.5) is 0 Å². The first-order chi connectivity index (χ1) is 7.41. The Labute approximate surface area is 119 Å². The Morgan fingerprint density at radius 3 is 1.18 bits per heavy atom. The second-order valence-electron chi connectivity index (χ2n) is 1.99. The molecule has 17 heavy (non-hydrogen) atoms. The molecular weight excluding hydrogens is 273 g/mol. The molecule has 0 spiro atoms. The number of aromatic nitrogens is 2. The van der Waals surface area contributed by atoms with E-state index in [0.29, 0.717) is 0 Å². The van der Waals surface area contributed by atoms with E-state index in [4.69, 9.17) is 5.26 Å². The molecule has 0 saturated carbocycles. The van der Waals surface area contributed by atoms with Crippen LogP contribution in [0.1, 0.15) is 0 Å². The summed E-state index contributed by atoms with van der Waals surface area (Å²) in [6.45, 7) is 0. The van der Waals surface area contributed by atoms with Gasteiger partial charge in [0.2, 0.25) is 0 Å². The number of pyridine rings is 2. The summed E-state index contributed by atoms with van der Waals surface area (Å²) in [6.07, 6.45) is 6.78. The molecule has 0 unspecified atom stereocenters.